The minimum absolute atomic E-state index is 0. The van der Waals surface area contributed by atoms with Gasteiger partial charge in [0, 0.05) is 51.4 Å². The molecule has 1 aromatic carbocycles. The Kier molecular flexibility index (Phi) is 12.7. The number of hydrogen-bond donors (Lipinski definition) is 2. The maximum absolute atomic E-state index is 5.99. The van der Waals surface area contributed by atoms with Gasteiger partial charge in [0.1, 0.15) is 12.4 Å². The lowest BCUT2D eigenvalue weighted by Gasteiger charge is -2.35. The summed E-state index contributed by atoms with van der Waals surface area (Å²) in [6.07, 6.45) is 2.32. The molecular weight excluding hydrogens is 517 g/mol. The molecule has 2 heterocycles. The number of piperidine rings is 1. The van der Waals surface area contributed by atoms with Crippen molar-refractivity contribution in [1.82, 2.24) is 20.4 Å². The fourth-order valence-electron chi connectivity index (χ4n) is 4.09. The van der Waals surface area contributed by atoms with Gasteiger partial charge in [-0.2, -0.15) is 0 Å². The topological polar surface area (TPSA) is 61.4 Å². The Bertz CT molecular complexity index is 674. The van der Waals surface area contributed by atoms with Gasteiger partial charge in [-0.05, 0) is 51.3 Å². The third kappa shape index (κ3) is 9.41. The zero-order valence-electron chi connectivity index (χ0n) is 20.0. The minimum atomic E-state index is 0. The molecule has 0 radical (unpaired) electrons. The lowest BCUT2D eigenvalue weighted by Crippen LogP contribution is -2.49. The molecule has 2 fully saturated rings. The lowest BCUT2D eigenvalue weighted by atomic mass is 10.0. The molecule has 182 valence electrons. The number of halogens is 1. The second kappa shape index (κ2) is 14.9. The minimum Gasteiger partial charge on any atom is -0.492 e. The molecule has 0 bridgehead atoms. The lowest BCUT2D eigenvalue weighted by molar-refractivity contribution is 0.0322. The van der Waals surface area contributed by atoms with Gasteiger partial charge < -0.3 is 25.0 Å². The van der Waals surface area contributed by atoms with Crippen LogP contribution in [-0.4, -0.2) is 86.9 Å². The summed E-state index contributed by atoms with van der Waals surface area (Å²) in [4.78, 5) is 9.76. The van der Waals surface area contributed by atoms with Gasteiger partial charge >= 0.3 is 0 Å². The molecule has 1 aromatic rings. The number of nitrogens with zero attached hydrogens (tertiary/aromatic N) is 3. The smallest absolute Gasteiger partial charge is 0.191 e. The van der Waals surface area contributed by atoms with E-state index in [0.717, 1.165) is 82.6 Å². The summed E-state index contributed by atoms with van der Waals surface area (Å²) in [5, 5.41) is 7.03. The van der Waals surface area contributed by atoms with Crippen molar-refractivity contribution in [3.8, 4) is 5.75 Å². The second-order valence-electron chi connectivity index (χ2n) is 8.69. The molecule has 32 heavy (non-hydrogen) atoms. The molecule has 7 nitrogen and oxygen atoms in total. The quantitative estimate of drug-likeness (QED) is 0.276. The Hall–Kier alpha value is -1.10. The van der Waals surface area contributed by atoms with Gasteiger partial charge in [0.15, 0.2) is 5.96 Å². The monoisotopic (exact) mass is 559 g/mol. The van der Waals surface area contributed by atoms with E-state index in [1.807, 2.05) is 6.07 Å². The standard InChI is InChI=1S/C24H41N5O2.HI/c1-4-25-24(27-22-8-10-29(11-9-22)20(2)3)26-19-21-6-5-7-23(18-21)31-17-14-28-12-15-30-16-13-28;/h5-7,18,20,22H,4,8-17,19H2,1-3H3,(H2,25,26,27);1H. The maximum Gasteiger partial charge on any atom is 0.191 e. The average Bonchev–Trinajstić information content (AvgIpc) is 2.79. The number of likely N-dealkylation sites (tertiary alicyclic amines) is 1. The Morgan fingerprint density at radius 1 is 1.19 bits per heavy atom. The van der Waals surface area contributed by atoms with Crippen LogP contribution in [0, 0.1) is 0 Å². The first-order chi connectivity index (χ1) is 15.1. The summed E-state index contributed by atoms with van der Waals surface area (Å²) in [6, 6.07) is 9.42. The predicted octanol–water partition coefficient (Wildman–Crippen LogP) is 2.94. The molecule has 0 unspecified atom stereocenters. The SMILES string of the molecule is CCNC(=NCc1cccc(OCCN2CCOCC2)c1)NC1CCN(C(C)C)CC1.I. The van der Waals surface area contributed by atoms with E-state index in [9.17, 15) is 0 Å². The van der Waals surface area contributed by atoms with Crippen LogP contribution in [0.15, 0.2) is 29.3 Å². The van der Waals surface area contributed by atoms with Gasteiger partial charge in [0.05, 0.1) is 19.8 Å². The Labute approximate surface area is 211 Å². The van der Waals surface area contributed by atoms with E-state index in [-0.39, 0.29) is 24.0 Å². The molecule has 0 saturated carbocycles. The van der Waals surface area contributed by atoms with Crippen molar-refractivity contribution in [3.05, 3.63) is 29.8 Å². The summed E-state index contributed by atoms with van der Waals surface area (Å²) in [5.41, 5.74) is 1.16. The maximum atomic E-state index is 5.99. The molecule has 0 amide bonds. The largest absolute Gasteiger partial charge is 0.492 e. The number of benzene rings is 1. The van der Waals surface area contributed by atoms with E-state index in [4.69, 9.17) is 14.5 Å². The van der Waals surface area contributed by atoms with Crippen LogP contribution in [-0.2, 0) is 11.3 Å². The van der Waals surface area contributed by atoms with E-state index in [1.165, 1.54) is 0 Å². The number of aliphatic imine (C=N–C) groups is 1. The van der Waals surface area contributed by atoms with Gasteiger partial charge in [-0.1, -0.05) is 12.1 Å². The molecule has 8 heteroatoms. The van der Waals surface area contributed by atoms with Crippen LogP contribution >= 0.6 is 24.0 Å². The molecule has 2 N–H and O–H groups in total. The van der Waals surface area contributed by atoms with Crippen molar-refractivity contribution in [2.24, 2.45) is 4.99 Å². The van der Waals surface area contributed by atoms with Crippen molar-refractivity contribution in [1.29, 1.82) is 0 Å². The average molecular weight is 560 g/mol. The van der Waals surface area contributed by atoms with E-state index < -0.39 is 0 Å². The third-order valence-corrected chi connectivity index (χ3v) is 6.04. The van der Waals surface area contributed by atoms with Crippen LogP contribution < -0.4 is 15.4 Å². The number of hydrogen-bond acceptors (Lipinski definition) is 5. The number of rotatable bonds is 9. The Morgan fingerprint density at radius 3 is 2.62 bits per heavy atom. The molecular formula is C24H42IN5O2. The summed E-state index contributed by atoms with van der Waals surface area (Å²) < 4.78 is 11.4. The highest BCUT2D eigenvalue weighted by Crippen LogP contribution is 2.15. The first-order valence-electron chi connectivity index (χ1n) is 11.9. The summed E-state index contributed by atoms with van der Waals surface area (Å²) in [5.74, 6) is 1.82. The van der Waals surface area contributed by atoms with Crippen molar-refractivity contribution in [2.75, 3.05) is 59.1 Å². The number of ether oxygens (including phenoxy) is 2. The van der Waals surface area contributed by atoms with E-state index in [0.29, 0.717) is 25.2 Å². The summed E-state index contributed by atoms with van der Waals surface area (Å²) in [7, 11) is 0. The van der Waals surface area contributed by atoms with Crippen LogP contribution in [0.1, 0.15) is 39.2 Å². The summed E-state index contributed by atoms with van der Waals surface area (Å²) >= 11 is 0. The zero-order chi connectivity index (χ0) is 21.9. The fourth-order valence-corrected chi connectivity index (χ4v) is 4.09. The molecule has 2 aliphatic heterocycles. The third-order valence-electron chi connectivity index (χ3n) is 6.04. The van der Waals surface area contributed by atoms with Crippen LogP contribution in [0.2, 0.25) is 0 Å². The highest BCUT2D eigenvalue weighted by Gasteiger charge is 2.21. The molecule has 3 rings (SSSR count). The Balaban J connectivity index is 0.00000363. The first-order valence-corrected chi connectivity index (χ1v) is 11.9. The number of nitrogens with one attached hydrogen (secondary N) is 2. The van der Waals surface area contributed by atoms with Gasteiger partial charge in [-0.25, -0.2) is 4.99 Å². The molecule has 2 aliphatic rings. The molecule has 0 aliphatic carbocycles. The van der Waals surface area contributed by atoms with Crippen molar-refractivity contribution >= 4 is 29.9 Å². The molecule has 0 aromatic heterocycles. The normalized spacial score (nSPS) is 18.9. The van der Waals surface area contributed by atoms with Gasteiger partial charge in [0.2, 0.25) is 0 Å². The number of guanidine groups is 1. The van der Waals surface area contributed by atoms with Gasteiger partial charge in [0.25, 0.3) is 0 Å². The van der Waals surface area contributed by atoms with Gasteiger partial charge in [-0.3, -0.25) is 4.90 Å². The van der Waals surface area contributed by atoms with Crippen LogP contribution in [0.25, 0.3) is 0 Å². The highest BCUT2D eigenvalue weighted by molar-refractivity contribution is 14.0. The van der Waals surface area contributed by atoms with Crippen molar-refractivity contribution in [3.63, 3.8) is 0 Å². The van der Waals surface area contributed by atoms with Crippen molar-refractivity contribution in [2.45, 2.75) is 52.2 Å². The van der Waals surface area contributed by atoms with Crippen LogP contribution in [0.4, 0.5) is 0 Å². The van der Waals surface area contributed by atoms with E-state index in [2.05, 4.69) is 59.4 Å². The second-order valence-corrected chi connectivity index (χ2v) is 8.69. The summed E-state index contributed by atoms with van der Waals surface area (Å²) in [6.45, 7) is 15.8. The van der Waals surface area contributed by atoms with Crippen LogP contribution in [0.3, 0.4) is 0 Å². The fraction of sp³-hybridized carbons (Fsp3) is 0.708. The Morgan fingerprint density at radius 2 is 1.94 bits per heavy atom. The molecule has 2 saturated heterocycles. The number of morpholine rings is 1. The van der Waals surface area contributed by atoms with Crippen molar-refractivity contribution < 1.29 is 9.47 Å². The first kappa shape index (κ1) is 27.1. The van der Waals surface area contributed by atoms with E-state index >= 15 is 0 Å². The predicted molar refractivity (Wildman–Crippen MR) is 142 cm³/mol. The van der Waals surface area contributed by atoms with E-state index in [1.54, 1.807) is 0 Å². The molecule has 0 atom stereocenters. The molecule has 0 spiro atoms. The zero-order valence-corrected chi connectivity index (χ0v) is 22.3. The van der Waals surface area contributed by atoms with Gasteiger partial charge in [-0.15, -0.1) is 24.0 Å². The van der Waals surface area contributed by atoms with Crippen LogP contribution in [0.5, 0.6) is 5.75 Å². The highest BCUT2D eigenvalue weighted by atomic mass is 127.